The molecule has 206 valence electrons. The molecule has 0 spiro atoms. The molecule has 8 nitrogen and oxygen atoms in total. The predicted octanol–water partition coefficient (Wildman–Crippen LogP) is 4.74. The summed E-state index contributed by atoms with van der Waals surface area (Å²) in [6, 6.07) is 21.9. The molecule has 0 saturated carbocycles. The third-order valence-electron chi connectivity index (χ3n) is 7.17. The standard InChI is InChI=1S/C30H36N6O.CH5N/c37-18-6-2-5-15-31-26-13-16-36(17-14-26)21-24-9-11-25(12-10-24)28-19-27-29(33-22-34-30(27)35-28)32-20-23-7-3-1-4-8-23;1-2/h1,3-4,7-12,18-19,22,26,31H,2,5-6,13-17,20-21H2,(H2,32,33,34,35);2H2,1H3. The molecule has 0 amide bonds. The van der Waals surface area contributed by atoms with Gasteiger partial charge in [0.25, 0.3) is 0 Å². The van der Waals surface area contributed by atoms with Crippen molar-refractivity contribution < 1.29 is 4.79 Å². The second-order valence-electron chi connectivity index (χ2n) is 9.87. The number of benzene rings is 2. The van der Waals surface area contributed by atoms with E-state index < -0.39 is 0 Å². The molecular weight excluding hydrogens is 486 g/mol. The van der Waals surface area contributed by atoms with E-state index in [0.29, 0.717) is 12.5 Å². The summed E-state index contributed by atoms with van der Waals surface area (Å²) in [5, 5.41) is 8.11. The van der Waals surface area contributed by atoms with Gasteiger partial charge >= 0.3 is 0 Å². The Bertz CT molecular complexity index is 1270. The summed E-state index contributed by atoms with van der Waals surface area (Å²) in [5.74, 6) is 0.840. The van der Waals surface area contributed by atoms with Crippen LogP contribution in [-0.2, 0) is 17.9 Å². The van der Waals surface area contributed by atoms with Crippen molar-refractivity contribution in [2.75, 3.05) is 32.0 Å². The van der Waals surface area contributed by atoms with Gasteiger partial charge in [0.2, 0.25) is 0 Å². The normalized spacial score (nSPS) is 14.1. The number of carbonyl (C=O) groups excluding carboxylic acids is 1. The molecule has 0 radical (unpaired) electrons. The summed E-state index contributed by atoms with van der Waals surface area (Å²) < 4.78 is 0. The number of nitrogens with two attached hydrogens (primary N) is 1. The zero-order chi connectivity index (χ0) is 27.3. The number of nitrogens with zero attached hydrogens (tertiary/aromatic N) is 3. The largest absolute Gasteiger partial charge is 0.365 e. The summed E-state index contributed by atoms with van der Waals surface area (Å²) in [6.45, 7) is 4.96. The van der Waals surface area contributed by atoms with Crippen LogP contribution >= 0.6 is 0 Å². The summed E-state index contributed by atoms with van der Waals surface area (Å²) >= 11 is 0. The predicted molar refractivity (Wildman–Crippen MR) is 159 cm³/mol. The first-order chi connectivity index (χ1) is 19.3. The van der Waals surface area contributed by atoms with Crippen molar-refractivity contribution in [2.24, 2.45) is 5.73 Å². The number of anilines is 1. The molecule has 4 aromatic rings. The average molecular weight is 528 g/mol. The van der Waals surface area contributed by atoms with Gasteiger partial charge in [-0.25, -0.2) is 9.97 Å². The van der Waals surface area contributed by atoms with Crippen molar-refractivity contribution in [3.63, 3.8) is 0 Å². The highest BCUT2D eigenvalue weighted by atomic mass is 16.1. The van der Waals surface area contributed by atoms with Gasteiger partial charge in [-0.05, 0) is 75.1 Å². The topological polar surface area (TPSA) is 112 Å². The van der Waals surface area contributed by atoms with Crippen molar-refractivity contribution in [3.05, 3.63) is 78.1 Å². The molecule has 1 aliphatic heterocycles. The SMILES string of the molecule is CN.O=CCCCCNC1CCN(Cc2ccc(-c3cc4c(NCc5ccccc5)ncnc4[nH]3)cc2)CC1. The minimum atomic E-state index is 0.604. The summed E-state index contributed by atoms with van der Waals surface area (Å²) in [7, 11) is 1.50. The first-order valence-electron chi connectivity index (χ1n) is 14.0. The molecule has 0 atom stereocenters. The van der Waals surface area contributed by atoms with Gasteiger partial charge in [0.15, 0.2) is 0 Å². The maximum absolute atomic E-state index is 10.4. The highest BCUT2D eigenvalue weighted by Gasteiger charge is 2.18. The van der Waals surface area contributed by atoms with E-state index in [2.05, 4.69) is 78.7 Å². The van der Waals surface area contributed by atoms with Crippen LogP contribution in [0.25, 0.3) is 22.3 Å². The van der Waals surface area contributed by atoms with Gasteiger partial charge in [0, 0.05) is 31.2 Å². The summed E-state index contributed by atoms with van der Waals surface area (Å²) in [6.07, 6.45) is 7.74. The van der Waals surface area contributed by atoms with Crippen molar-refractivity contribution in [2.45, 2.75) is 51.2 Å². The number of likely N-dealkylation sites (tertiary alicyclic amines) is 1. The molecule has 1 saturated heterocycles. The van der Waals surface area contributed by atoms with Crippen LogP contribution in [0.5, 0.6) is 0 Å². The summed E-state index contributed by atoms with van der Waals surface area (Å²) in [5.41, 5.74) is 10.1. The van der Waals surface area contributed by atoms with Gasteiger partial charge < -0.3 is 26.1 Å². The molecule has 1 aliphatic rings. The van der Waals surface area contributed by atoms with E-state index in [4.69, 9.17) is 0 Å². The summed E-state index contributed by atoms with van der Waals surface area (Å²) in [4.78, 5) is 25.3. The number of rotatable bonds is 12. The van der Waals surface area contributed by atoms with Crippen LogP contribution in [0.3, 0.4) is 0 Å². The minimum absolute atomic E-state index is 0.604. The van der Waals surface area contributed by atoms with Crippen LogP contribution in [0.2, 0.25) is 0 Å². The molecular formula is C31H41N7O. The van der Waals surface area contributed by atoms with E-state index >= 15 is 0 Å². The van der Waals surface area contributed by atoms with Crippen LogP contribution in [0, 0.1) is 0 Å². The van der Waals surface area contributed by atoms with Gasteiger partial charge in [-0.2, -0.15) is 0 Å². The molecule has 5 N–H and O–H groups in total. The number of hydrogen-bond donors (Lipinski definition) is 4. The van der Waals surface area contributed by atoms with E-state index in [0.717, 1.165) is 80.0 Å². The van der Waals surface area contributed by atoms with E-state index in [1.807, 2.05) is 18.2 Å². The van der Waals surface area contributed by atoms with Crippen LogP contribution in [0.15, 0.2) is 67.0 Å². The van der Waals surface area contributed by atoms with E-state index in [1.165, 1.54) is 31.0 Å². The van der Waals surface area contributed by atoms with Crippen LogP contribution in [-0.4, -0.2) is 58.9 Å². The number of aldehydes is 1. The number of carbonyl (C=O) groups is 1. The van der Waals surface area contributed by atoms with Gasteiger partial charge in [-0.15, -0.1) is 0 Å². The molecule has 3 heterocycles. The fourth-order valence-electron chi connectivity index (χ4n) is 5.02. The molecule has 0 bridgehead atoms. The van der Waals surface area contributed by atoms with Gasteiger partial charge in [-0.1, -0.05) is 54.6 Å². The molecule has 2 aromatic heterocycles. The lowest BCUT2D eigenvalue weighted by Crippen LogP contribution is -2.42. The molecule has 0 aliphatic carbocycles. The van der Waals surface area contributed by atoms with Crippen molar-refractivity contribution >= 4 is 23.1 Å². The number of fused-ring (bicyclic) bond motifs is 1. The second-order valence-corrected chi connectivity index (χ2v) is 9.87. The number of aromatic nitrogens is 3. The number of nitrogens with one attached hydrogen (secondary N) is 3. The molecule has 39 heavy (non-hydrogen) atoms. The Labute approximate surface area is 231 Å². The zero-order valence-corrected chi connectivity index (χ0v) is 22.9. The lowest BCUT2D eigenvalue weighted by Gasteiger charge is -2.32. The molecule has 0 unspecified atom stereocenters. The number of piperidine rings is 1. The number of H-pyrrole nitrogens is 1. The Morgan fingerprint density at radius 1 is 1.00 bits per heavy atom. The Kier molecular flexibility index (Phi) is 11.0. The van der Waals surface area contributed by atoms with Crippen molar-refractivity contribution in [1.82, 2.24) is 25.2 Å². The Morgan fingerprint density at radius 2 is 1.77 bits per heavy atom. The highest BCUT2D eigenvalue weighted by Crippen LogP contribution is 2.27. The zero-order valence-electron chi connectivity index (χ0n) is 22.9. The van der Waals surface area contributed by atoms with E-state index in [-0.39, 0.29) is 0 Å². The quantitative estimate of drug-likeness (QED) is 0.156. The van der Waals surface area contributed by atoms with Crippen molar-refractivity contribution in [3.8, 4) is 11.3 Å². The Morgan fingerprint density at radius 3 is 2.51 bits per heavy atom. The van der Waals surface area contributed by atoms with Gasteiger partial charge in [-0.3, -0.25) is 4.90 Å². The fraction of sp³-hybridized carbons (Fsp3) is 0.387. The van der Waals surface area contributed by atoms with Gasteiger partial charge in [0.05, 0.1) is 5.39 Å². The van der Waals surface area contributed by atoms with Crippen LogP contribution in [0.1, 0.15) is 43.2 Å². The average Bonchev–Trinajstić information content (AvgIpc) is 3.44. The fourth-order valence-corrected chi connectivity index (χ4v) is 5.02. The lowest BCUT2D eigenvalue weighted by atomic mass is 10.0. The minimum Gasteiger partial charge on any atom is -0.365 e. The maximum atomic E-state index is 10.4. The third kappa shape index (κ3) is 8.20. The van der Waals surface area contributed by atoms with Crippen LogP contribution in [0.4, 0.5) is 5.82 Å². The number of unbranched alkanes of at least 4 members (excludes halogenated alkanes) is 2. The lowest BCUT2D eigenvalue weighted by molar-refractivity contribution is -0.107. The second kappa shape index (κ2) is 15.1. The van der Waals surface area contributed by atoms with Crippen LogP contribution < -0.4 is 16.4 Å². The highest BCUT2D eigenvalue weighted by molar-refractivity contribution is 5.91. The molecule has 2 aromatic carbocycles. The molecule has 5 rings (SSSR count). The number of aromatic amines is 1. The number of hydrogen-bond acceptors (Lipinski definition) is 7. The monoisotopic (exact) mass is 527 g/mol. The molecule has 8 heteroatoms. The van der Waals surface area contributed by atoms with Crippen molar-refractivity contribution in [1.29, 1.82) is 0 Å². The first-order valence-corrected chi connectivity index (χ1v) is 14.0. The Balaban J connectivity index is 0.00000172. The van der Waals surface area contributed by atoms with E-state index in [1.54, 1.807) is 6.33 Å². The smallest absolute Gasteiger partial charge is 0.143 e. The Hall–Kier alpha value is -3.59. The van der Waals surface area contributed by atoms with Gasteiger partial charge in [0.1, 0.15) is 24.1 Å². The maximum Gasteiger partial charge on any atom is 0.143 e. The third-order valence-corrected chi connectivity index (χ3v) is 7.17. The molecule has 1 fully saturated rings. The van der Waals surface area contributed by atoms with E-state index in [9.17, 15) is 4.79 Å². The first kappa shape index (κ1) is 28.4.